The second-order valence-electron chi connectivity index (χ2n) is 23.3. The van der Waals surface area contributed by atoms with Crippen LogP contribution in [0.2, 0.25) is 0 Å². The van der Waals surface area contributed by atoms with Gasteiger partial charge in [0.25, 0.3) is 17.4 Å². The first-order chi connectivity index (χ1) is 42.5. The van der Waals surface area contributed by atoms with Crippen molar-refractivity contribution >= 4 is 64.0 Å². The Balaban J connectivity index is 0.0000115. The summed E-state index contributed by atoms with van der Waals surface area (Å²) in [6.07, 6.45) is 2.09. The number of unbranched alkanes of at least 4 members (excludes halogenated alkanes) is 1. The Morgan fingerprint density at radius 3 is 2.33 bits per heavy atom. The lowest BCUT2D eigenvalue weighted by molar-refractivity contribution is -0.175. The van der Waals surface area contributed by atoms with E-state index in [1.165, 1.54) is 27.7 Å². The molecule has 0 spiro atoms. The normalized spacial score (nSPS) is 18.3. The molecule has 1 aromatic carbocycles. The number of benzene rings is 1. The van der Waals surface area contributed by atoms with E-state index in [9.17, 15) is 66.2 Å². The van der Waals surface area contributed by atoms with Gasteiger partial charge in [0, 0.05) is 92.1 Å². The maximum Gasteiger partial charge on any atom is 0.509 e. The Kier molecular flexibility index (Phi) is 23.9. The van der Waals surface area contributed by atoms with Gasteiger partial charge in [0.1, 0.15) is 38.0 Å². The van der Waals surface area contributed by atoms with E-state index in [4.69, 9.17) is 28.7 Å². The minimum atomic E-state index is -5.10. The molecule has 4 aromatic rings. The van der Waals surface area contributed by atoms with Gasteiger partial charge in [-0.2, -0.15) is 13.2 Å². The van der Waals surface area contributed by atoms with Crippen LogP contribution in [0.3, 0.4) is 0 Å². The lowest BCUT2D eigenvalue weighted by Crippen LogP contribution is -2.48. The smallest absolute Gasteiger partial charge is 0.508 e. The van der Waals surface area contributed by atoms with Gasteiger partial charge in [-0.05, 0) is 99.5 Å². The molecule has 1 aliphatic carbocycles. The van der Waals surface area contributed by atoms with Crippen LogP contribution in [0.4, 0.5) is 18.0 Å². The first-order valence-electron chi connectivity index (χ1n) is 30.2. The number of halogens is 3. The molecule has 0 radical (unpaired) electrons. The lowest BCUT2D eigenvalue weighted by atomic mass is 9.79. The number of cyclic esters (lactones) is 1. The Bertz CT molecular complexity index is 3410. The molecule has 3 N–H and O–H groups in total. The van der Waals surface area contributed by atoms with Crippen molar-refractivity contribution in [2.24, 2.45) is 23.7 Å². The van der Waals surface area contributed by atoms with Crippen LogP contribution in [0, 0.1) is 23.7 Å². The zero-order valence-electron chi connectivity index (χ0n) is 50.3. The predicted molar refractivity (Wildman–Crippen MR) is 316 cm³/mol. The molecule has 0 bridgehead atoms. The number of imide groups is 1. The lowest BCUT2D eigenvalue weighted by Gasteiger charge is -2.35. The Morgan fingerprint density at radius 1 is 0.900 bits per heavy atom. The fourth-order valence-electron chi connectivity index (χ4n) is 11.8. The number of nitrogens with one attached hydrogen (secondary N) is 2. The van der Waals surface area contributed by atoms with E-state index in [0.717, 1.165) is 29.4 Å². The molecule has 1 saturated carbocycles. The summed E-state index contributed by atoms with van der Waals surface area (Å²) in [7, 11) is 0. The summed E-state index contributed by atoms with van der Waals surface area (Å²) in [4.78, 5) is 136. The number of esters is 1. The average Bonchev–Trinajstić information content (AvgIpc) is 1.53. The van der Waals surface area contributed by atoms with Crippen LogP contribution in [-0.2, 0) is 100 Å². The number of aromatic nitrogens is 5. The Labute approximate surface area is 517 Å². The highest BCUT2D eigenvalue weighted by Crippen LogP contribution is 2.43. The number of pyridine rings is 2. The zero-order chi connectivity index (χ0) is 64.2. The summed E-state index contributed by atoms with van der Waals surface area (Å²) in [6.45, 7) is 6.14. The van der Waals surface area contributed by atoms with Crippen LogP contribution in [0.25, 0.3) is 22.3 Å². The van der Waals surface area contributed by atoms with Crippen molar-refractivity contribution in [2.75, 3.05) is 46.1 Å². The van der Waals surface area contributed by atoms with Crippen molar-refractivity contribution in [2.45, 2.75) is 163 Å². The van der Waals surface area contributed by atoms with Crippen LogP contribution < -0.4 is 16.2 Å². The van der Waals surface area contributed by atoms with E-state index in [-0.39, 0.29) is 118 Å². The summed E-state index contributed by atoms with van der Waals surface area (Å²) in [5.74, 6) is -6.39. The fourth-order valence-corrected chi connectivity index (χ4v) is 11.8. The van der Waals surface area contributed by atoms with Crippen LogP contribution in [0.1, 0.15) is 140 Å². The topological polar surface area (TPSA) is 313 Å². The van der Waals surface area contributed by atoms with Crippen LogP contribution in [0.15, 0.2) is 47.4 Å². The van der Waals surface area contributed by atoms with E-state index in [1.807, 2.05) is 6.92 Å². The number of ketones is 3. The number of Topliss-reactive ketones (excluding diaryl/α,β-unsaturated/α-hetero) is 3. The highest BCUT2D eigenvalue weighted by Gasteiger charge is 2.51. The highest BCUT2D eigenvalue weighted by molar-refractivity contribution is 6.12. The van der Waals surface area contributed by atoms with E-state index in [0.29, 0.717) is 74.2 Å². The summed E-state index contributed by atoms with van der Waals surface area (Å²) >= 11 is 0. The van der Waals surface area contributed by atoms with Gasteiger partial charge in [-0.3, -0.25) is 43.3 Å². The number of carbonyl (C=O) groups is 9. The number of nitrogens with zero attached hydrogens (tertiary/aromatic N) is 6. The number of aromatic hydroxyl groups is 1. The number of fused-ring (bicyclic) bond motifs is 5. The SMILES string of the molecule is C.CCc1c2c(nc3ccc(O)cc13)-c1cc3c(c(=O)n1C2)COC(=O)C3(CC)OC(=O)OCC(NC(=O)C(CCCCNC(=O)C(F)(F)F)CC(=O)COCC(=O)CCCOCCn1cc(CCC(=O)C2CCC(CN3C(=O)C=CC3=O)CC2)nn1)C(C)C. The molecule has 6 heterocycles. The number of carbonyl (C=O) groups excluding carboxylic acids is 9. The molecular weight excluding hydrogens is 1180 g/mol. The van der Waals surface area contributed by atoms with E-state index in [1.54, 1.807) is 55.2 Å². The van der Waals surface area contributed by atoms with Crippen molar-refractivity contribution in [3.8, 4) is 17.1 Å². The molecule has 1 fully saturated rings. The molecule has 0 saturated heterocycles. The van der Waals surface area contributed by atoms with Crippen LogP contribution in [-0.4, -0.2) is 146 Å². The third kappa shape index (κ3) is 17.0. The van der Waals surface area contributed by atoms with Crippen LogP contribution in [0.5, 0.6) is 5.75 Å². The first kappa shape index (κ1) is 69.3. The average molecular weight is 1260 g/mol. The minimum Gasteiger partial charge on any atom is -0.508 e. The van der Waals surface area contributed by atoms with Gasteiger partial charge in [0.15, 0.2) is 11.6 Å². The van der Waals surface area contributed by atoms with Crippen molar-refractivity contribution in [1.29, 1.82) is 0 Å². The van der Waals surface area contributed by atoms with E-state index >= 15 is 0 Å². The number of hydrogen-bond donors (Lipinski definition) is 3. The summed E-state index contributed by atoms with van der Waals surface area (Å²) in [5, 5.41) is 23.8. The quantitative estimate of drug-likeness (QED) is 0.0231. The number of rotatable bonds is 32. The number of amides is 4. The number of ether oxygens (including phenoxy) is 5. The second-order valence-corrected chi connectivity index (χ2v) is 23.3. The van der Waals surface area contributed by atoms with E-state index < -0.39 is 97.8 Å². The molecule has 27 heteroatoms. The molecule has 3 aliphatic heterocycles. The molecular formula is C63H79F3N8O16. The van der Waals surface area contributed by atoms with Gasteiger partial charge in [-0.1, -0.05) is 46.8 Å². The summed E-state index contributed by atoms with van der Waals surface area (Å²) in [6, 6.07) is 5.47. The monoisotopic (exact) mass is 1260 g/mol. The van der Waals surface area contributed by atoms with Gasteiger partial charge < -0.3 is 44.0 Å². The van der Waals surface area contributed by atoms with Gasteiger partial charge in [-0.15, -0.1) is 5.10 Å². The number of phenolic OH excluding ortho intramolecular Hbond substituents is 1. The van der Waals surface area contributed by atoms with Gasteiger partial charge >= 0.3 is 24.2 Å². The summed E-state index contributed by atoms with van der Waals surface area (Å²) in [5.41, 5.74) is 1.32. The second kappa shape index (κ2) is 31.0. The number of hydrogen-bond acceptors (Lipinski definition) is 19. The fraction of sp³-hybridized carbons (Fsp3) is 0.571. The molecule has 8 rings (SSSR count). The van der Waals surface area contributed by atoms with Crippen molar-refractivity contribution < 1.29 is 85.1 Å². The molecule has 3 atom stereocenters. The van der Waals surface area contributed by atoms with Crippen molar-refractivity contribution in [1.82, 2.24) is 40.1 Å². The van der Waals surface area contributed by atoms with E-state index in [2.05, 4.69) is 15.6 Å². The predicted octanol–water partition coefficient (Wildman–Crippen LogP) is 6.62. The Hall–Kier alpha value is -8.20. The molecule has 90 heavy (non-hydrogen) atoms. The first-order valence-corrected chi connectivity index (χ1v) is 30.2. The van der Waals surface area contributed by atoms with Crippen LogP contribution >= 0.6 is 0 Å². The largest absolute Gasteiger partial charge is 0.509 e. The third-order valence-electron chi connectivity index (χ3n) is 16.8. The minimum absolute atomic E-state index is 0. The number of alkyl halides is 3. The Morgan fingerprint density at radius 2 is 1.63 bits per heavy atom. The molecule has 4 aliphatic rings. The van der Waals surface area contributed by atoms with Gasteiger partial charge in [0.05, 0.1) is 53.9 Å². The third-order valence-corrected chi connectivity index (χ3v) is 16.8. The number of aryl methyl sites for hydroxylation is 2. The molecule has 3 aromatic heterocycles. The zero-order valence-corrected chi connectivity index (χ0v) is 50.3. The maximum absolute atomic E-state index is 14.2. The van der Waals surface area contributed by atoms with Crippen molar-refractivity contribution in [3.05, 3.63) is 80.9 Å². The molecule has 4 amide bonds. The molecule has 24 nitrogen and oxygen atoms in total. The highest BCUT2D eigenvalue weighted by atomic mass is 19.4. The van der Waals surface area contributed by atoms with Crippen molar-refractivity contribution in [3.63, 3.8) is 0 Å². The standard InChI is InChI=1S/C62H75F3N8O16.CH4/c1-5-44-45-27-41(74)17-18-49(45)67-55-46(44)31-72-51(55)28-48-47(57(72)81)34-87-59(83)61(48,6-2)89-60(84)88-35-50(36(3)4)68-56(80)39(10-7-8-22-66-58(82)62(63,64)65)26-43(76)33-86-32-42(75)11-9-24-85-25-23-71-30-40(69-70-71)16-19-52(77)38-14-12-37(13-15-38)29-73-53(78)20-21-54(73)79;/h17-18,20-21,27-28,30,36-39,50,74H,5-16,19,22-26,29,31-35H2,1-4H3,(H,66,82)(H,68,80);1H4. The van der Waals surface area contributed by atoms with Gasteiger partial charge in [0.2, 0.25) is 11.5 Å². The molecule has 488 valence electrons. The summed E-state index contributed by atoms with van der Waals surface area (Å²) < 4.78 is 69.6. The maximum atomic E-state index is 14.2. The number of phenols is 1. The van der Waals surface area contributed by atoms with Gasteiger partial charge in [-0.25, -0.2) is 19.3 Å². The molecule has 3 unspecified atom stereocenters.